The number of rotatable bonds is 2. The molecule has 0 saturated heterocycles. The number of aliphatic hydroxyl groups is 1. The first-order chi connectivity index (χ1) is 4.81. The molecule has 0 spiro atoms. The van der Waals surface area contributed by atoms with Crippen LogP contribution in [0, 0.1) is 23.7 Å². The second-order valence-electron chi connectivity index (χ2n) is 1.95. The fourth-order valence-electron chi connectivity index (χ4n) is 0.527. The second kappa shape index (κ2) is 6.20. The van der Waals surface area contributed by atoms with Gasteiger partial charge in [-0.15, -0.1) is 0 Å². The van der Waals surface area contributed by atoms with E-state index < -0.39 is 6.10 Å². The van der Waals surface area contributed by atoms with Gasteiger partial charge in [-0.3, -0.25) is 0 Å². The lowest BCUT2D eigenvalue weighted by atomic mass is 10.2. The Balaban J connectivity index is 3.64. The lowest BCUT2D eigenvalue weighted by Crippen LogP contribution is -2.00. The Bertz CT molecular complexity index is 184. The molecule has 0 fully saturated rings. The van der Waals surface area contributed by atoms with Gasteiger partial charge in [-0.2, -0.15) is 0 Å². The summed E-state index contributed by atoms with van der Waals surface area (Å²) < 4.78 is 0. The molecule has 1 N–H and O–H groups in total. The summed E-state index contributed by atoms with van der Waals surface area (Å²) in [6, 6.07) is 0. The van der Waals surface area contributed by atoms with Crippen LogP contribution >= 0.6 is 0 Å². The van der Waals surface area contributed by atoms with Crippen molar-refractivity contribution in [3.8, 4) is 23.7 Å². The van der Waals surface area contributed by atoms with Gasteiger partial charge in [-0.25, -0.2) is 0 Å². The van der Waals surface area contributed by atoms with Crippen molar-refractivity contribution in [1.82, 2.24) is 0 Å². The minimum absolute atomic E-state index is 0.495. The van der Waals surface area contributed by atoms with Crippen LogP contribution in [0.3, 0.4) is 0 Å². The van der Waals surface area contributed by atoms with Crippen molar-refractivity contribution in [3.63, 3.8) is 0 Å². The first kappa shape index (κ1) is 9.08. The van der Waals surface area contributed by atoms with E-state index in [4.69, 9.17) is 5.11 Å². The zero-order chi connectivity index (χ0) is 7.82. The Morgan fingerprint density at radius 1 is 1.40 bits per heavy atom. The molecule has 1 nitrogen and oxygen atoms in total. The van der Waals surface area contributed by atoms with Crippen LogP contribution in [0.1, 0.15) is 26.7 Å². The minimum atomic E-state index is -0.495. The predicted octanol–water partition coefficient (Wildman–Crippen LogP) is 1.17. The summed E-state index contributed by atoms with van der Waals surface area (Å²) >= 11 is 0. The van der Waals surface area contributed by atoms with E-state index in [1.165, 1.54) is 0 Å². The predicted molar refractivity (Wildman–Crippen MR) is 42.1 cm³/mol. The van der Waals surface area contributed by atoms with Gasteiger partial charge in [0.15, 0.2) is 0 Å². The number of hydrogen-bond donors (Lipinski definition) is 1. The summed E-state index contributed by atoms with van der Waals surface area (Å²) in [7, 11) is 0. The van der Waals surface area contributed by atoms with E-state index in [1.807, 2.05) is 6.92 Å². The van der Waals surface area contributed by atoms with Crippen molar-refractivity contribution in [2.75, 3.05) is 0 Å². The third-order valence-electron chi connectivity index (χ3n) is 0.988. The standard InChI is InChI=1S/C9H12O/c1-3-5-6-8-9(10)7-4-2/h9-10H,4,7H2,1-2H3. The zero-order valence-corrected chi connectivity index (χ0v) is 6.44. The summed E-state index contributed by atoms with van der Waals surface area (Å²) in [4.78, 5) is 0. The van der Waals surface area contributed by atoms with Gasteiger partial charge in [0.2, 0.25) is 0 Å². The molecule has 10 heavy (non-hydrogen) atoms. The van der Waals surface area contributed by atoms with Crippen LogP contribution in [0.4, 0.5) is 0 Å². The summed E-state index contributed by atoms with van der Waals surface area (Å²) in [5.41, 5.74) is 0. The molecule has 0 aromatic heterocycles. The molecule has 0 aromatic carbocycles. The van der Waals surface area contributed by atoms with Crippen LogP contribution in [-0.4, -0.2) is 11.2 Å². The van der Waals surface area contributed by atoms with Gasteiger partial charge >= 0.3 is 0 Å². The van der Waals surface area contributed by atoms with Gasteiger partial charge in [0.05, 0.1) is 0 Å². The van der Waals surface area contributed by atoms with Crippen LogP contribution in [0.15, 0.2) is 0 Å². The lowest BCUT2D eigenvalue weighted by molar-refractivity contribution is 0.221. The topological polar surface area (TPSA) is 20.2 Å². The summed E-state index contributed by atoms with van der Waals surface area (Å²) in [6.07, 6.45) is 1.19. The fourth-order valence-corrected chi connectivity index (χ4v) is 0.527. The maximum absolute atomic E-state index is 9.03. The first-order valence-corrected chi connectivity index (χ1v) is 3.41. The minimum Gasteiger partial charge on any atom is -0.380 e. The molecule has 0 amide bonds. The number of aliphatic hydroxyl groups excluding tert-OH is 1. The molecule has 0 saturated carbocycles. The zero-order valence-electron chi connectivity index (χ0n) is 6.44. The lowest BCUT2D eigenvalue weighted by Gasteiger charge is -1.95. The Labute approximate surface area is 62.5 Å². The first-order valence-electron chi connectivity index (χ1n) is 3.41. The van der Waals surface area contributed by atoms with E-state index in [0.29, 0.717) is 0 Å². The second-order valence-corrected chi connectivity index (χ2v) is 1.95. The molecule has 0 aliphatic carbocycles. The van der Waals surface area contributed by atoms with E-state index in [-0.39, 0.29) is 0 Å². The van der Waals surface area contributed by atoms with Gasteiger partial charge in [0.1, 0.15) is 6.10 Å². The maximum Gasteiger partial charge on any atom is 0.115 e. The molecule has 0 aromatic rings. The van der Waals surface area contributed by atoms with Crippen molar-refractivity contribution in [2.45, 2.75) is 32.8 Å². The molecule has 0 radical (unpaired) electrons. The monoisotopic (exact) mass is 136 g/mol. The van der Waals surface area contributed by atoms with Crippen molar-refractivity contribution in [1.29, 1.82) is 0 Å². The van der Waals surface area contributed by atoms with Crippen LogP contribution in [0.25, 0.3) is 0 Å². The molecule has 1 atom stereocenters. The van der Waals surface area contributed by atoms with E-state index >= 15 is 0 Å². The molecular weight excluding hydrogens is 124 g/mol. The highest BCUT2D eigenvalue weighted by Crippen LogP contribution is 1.92. The van der Waals surface area contributed by atoms with Crippen molar-refractivity contribution in [2.24, 2.45) is 0 Å². The maximum atomic E-state index is 9.03. The fraction of sp³-hybridized carbons (Fsp3) is 0.556. The van der Waals surface area contributed by atoms with E-state index in [2.05, 4.69) is 23.7 Å². The molecule has 0 aliphatic rings. The Hall–Kier alpha value is -0.920. The van der Waals surface area contributed by atoms with Gasteiger partial charge < -0.3 is 5.11 Å². The van der Waals surface area contributed by atoms with E-state index in [1.54, 1.807) is 6.92 Å². The van der Waals surface area contributed by atoms with Crippen LogP contribution in [-0.2, 0) is 0 Å². The van der Waals surface area contributed by atoms with Crippen molar-refractivity contribution < 1.29 is 5.11 Å². The third-order valence-corrected chi connectivity index (χ3v) is 0.988. The summed E-state index contributed by atoms with van der Waals surface area (Å²) in [5, 5.41) is 9.03. The van der Waals surface area contributed by atoms with Crippen molar-refractivity contribution >= 4 is 0 Å². The number of hydrogen-bond acceptors (Lipinski definition) is 1. The smallest absolute Gasteiger partial charge is 0.115 e. The Morgan fingerprint density at radius 3 is 2.60 bits per heavy atom. The molecule has 0 heterocycles. The average Bonchev–Trinajstić information content (AvgIpc) is 1.89. The third kappa shape index (κ3) is 5.22. The van der Waals surface area contributed by atoms with E-state index in [9.17, 15) is 0 Å². The quantitative estimate of drug-likeness (QED) is 0.565. The molecule has 1 heteroatoms. The molecule has 54 valence electrons. The molecule has 0 aliphatic heterocycles. The van der Waals surface area contributed by atoms with Gasteiger partial charge in [-0.1, -0.05) is 25.2 Å². The van der Waals surface area contributed by atoms with Crippen LogP contribution in [0.5, 0.6) is 0 Å². The Kier molecular flexibility index (Phi) is 5.63. The summed E-state index contributed by atoms with van der Waals surface area (Å²) in [5.74, 6) is 10.4. The van der Waals surface area contributed by atoms with Crippen LogP contribution in [0.2, 0.25) is 0 Å². The summed E-state index contributed by atoms with van der Waals surface area (Å²) in [6.45, 7) is 3.73. The molecule has 0 bridgehead atoms. The van der Waals surface area contributed by atoms with Gasteiger partial charge in [0, 0.05) is 0 Å². The molecule has 0 rings (SSSR count). The Morgan fingerprint density at radius 2 is 2.10 bits per heavy atom. The van der Waals surface area contributed by atoms with Gasteiger partial charge in [-0.05, 0) is 25.2 Å². The average molecular weight is 136 g/mol. The highest BCUT2D eigenvalue weighted by Gasteiger charge is 1.93. The highest BCUT2D eigenvalue weighted by atomic mass is 16.3. The van der Waals surface area contributed by atoms with Gasteiger partial charge in [0.25, 0.3) is 0 Å². The molecular formula is C9H12O. The SMILES string of the molecule is CC#CC#CC(O)CCC. The largest absolute Gasteiger partial charge is 0.380 e. The van der Waals surface area contributed by atoms with Crippen molar-refractivity contribution in [3.05, 3.63) is 0 Å². The van der Waals surface area contributed by atoms with Crippen LogP contribution < -0.4 is 0 Å². The highest BCUT2D eigenvalue weighted by molar-refractivity contribution is 5.26. The molecule has 1 unspecified atom stereocenters. The normalized spacial score (nSPS) is 10.3. The van der Waals surface area contributed by atoms with E-state index in [0.717, 1.165) is 12.8 Å².